The second-order valence-electron chi connectivity index (χ2n) is 6.73. The van der Waals surface area contributed by atoms with Crippen LogP contribution >= 0.6 is 0 Å². The van der Waals surface area contributed by atoms with Gasteiger partial charge in [-0.2, -0.15) is 0 Å². The number of amides is 1. The van der Waals surface area contributed by atoms with Gasteiger partial charge in [0.05, 0.1) is 5.69 Å². The molecule has 0 saturated carbocycles. The number of hydrogen-bond acceptors (Lipinski definition) is 4. The monoisotopic (exact) mass is 367 g/mol. The van der Waals surface area contributed by atoms with Gasteiger partial charge in [-0.05, 0) is 31.2 Å². The number of aryl methyl sites for hydroxylation is 1. The van der Waals surface area contributed by atoms with E-state index in [2.05, 4.69) is 9.72 Å². The molecule has 3 rings (SSSR count). The lowest BCUT2D eigenvalue weighted by atomic mass is 10.0. The van der Waals surface area contributed by atoms with Gasteiger partial charge in [0.25, 0.3) is 0 Å². The van der Waals surface area contributed by atoms with Crippen molar-refractivity contribution >= 4 is 23.3 Å². The molecule has 1 aliphatic rings. The van der Waals surface area contributed by atoms with E-state index >= 15 is 0 Å². The fourth-order valence-corrected chi connectivity index (χ4v) is 3.26. The van der Waals surface area contributed by atoms with Crippen LogP contribution < -0.4 is 4.90 Å². The predicted molar refractivity (Wildman–Crippen MR) is 105 cm³/mol. The summed E-state index contributed by atoms with van der Waals surface area (Å²) < 4.78 is 2.08. The van der Waals surface area contributed by atoms with Gasteiger partial charge >= 0.3 is 5.97 Å². The zero-order valence-electron chi connectivity index (χ0n) is 16.0. The van der Waals surface area contributed by atoms with Crippen molar-refractivity contribution in [1.29, 1.82) is 0 Å². The topological polar surface area (TPSA) is 63.9 Å². The van der Waals surface area contributed by atoms with E-state index in [1.165, 1.54) is 0 Å². The molecular formula is C21H25N3O3. The Kier molecular flexibility index (Phi) is 5.74. The van der Waals surface area contributed by atoms with Crippen LogP contribution in [0.3, 0.4) is 0 Å². The van der Waals surface area contributed by atoms with Gasteiger partial charge in [-0.3, -0.25) is 4.79 Å². The van der Waals surface area contributed by atoms with Crippen molar-refractivity contribution in [2.75, 3.05) is 11.4 Å². The number of aromatic nitrogens is 1. The van der Waals surface area contributed by atoms with Gasteiger partial charge in [0.15, 0.2) is 0 Å². The molecule has 1 atom stereocenters. The van der Waals surface area contributed by atoms with E-state index in [0.717, 1.165) is 16.9 Å². The molecule has 6 heteroatoms. The van der Waals surface area contributed by atoms with Crippen LogP contribution in [0, 0.1) is 12.8 Å². The first-order valence-electron chi connectivity index (χ1n) is 9.33. The van der Waals surface area contributed by atoms with Crippen LogP contribution in [0.4, 0.5) is 5.69 Å². The highest BCUT2D eigenvalue weighted by atomic mass is 16.7. The minimum Gasteiger partial charge on any atom is -0.346 e. The molecule has 2 heterocycles. The molecule has 0 saturated heterocycles. The number of anilines is 1. The number of nitrogens with zero attached hydrogens (tertiary/aromatic N) is 3. The molecule has 0 radical (unpaired) electrons. The number of rotatable bonds is 6. The van der Waals surface area contributed by atoms with Crippen molar-refractivity contribution in [3.63, 3.8) is 0 Å². The van der Waals surface area contributed by atoms with E-state index in [1.54, 1.807) is 11.8 Å². The summed E-state index contributed by atoms with van der Waals surface area (Å²) in [6, 6.07) is 11.8. The summed E-state index contributed by atoms with van der Waals surface area (Å²) in [6.45, 7) is 6.80. The quantitative estimate of drug-likeness (QED) is 0.580. The van der Waals surface area contributed by atoms with Crippen molar-refractivity contribution < 1.29 is 14.4 Å². The Morgan fingerprint density at radius 2 is 1.93 bits per heavy atom. The molecule has 0 spiro atoms. The first-order chi connectivity index (χ1) is 13.0. The summed E-state index contributed by atoms with van der Waals surface area (Å²) in [5.41, 5.74) is 3.65. The average molecular weight is 367 g/mol. The minimum atomic E-state index is -0.369. The number of carbonyl (C=O) groups is 2. The van der Waals surface area contributed by atoms with Crippen LogP contribution in [0.25, 0.3) is 0 Å². The molecule has 0 N–H and O–H groups in total. The molecule has 0 aliphatic carbocycles. The zero-order valence-corrected chi connectivity index (χ0v) is 16.0. The van der Waals surface area contributed by atoms with Crippen molar-refractivity contribution in [1.82, 2.24) is 4.57 Å². The van der Waals surface area contributed by atoms with Crippen LogP contribution in [0.1, 0.15) is 37.9 Å². The van der Waals surface area contributed by atoms with Gasteiger partial charge < -0.3 is 14.3 Å². The van der Waals surface area contributed by atoms with Crippen LogP contribution in [-0.4, -0.2) is 28.7 Å². The number of hydrogen-bond donors (Lipinski definition) is 0. The first-order valence-corrected chi connectivity index (χ1v) is 9.33. The summed E-state index contributed by atoms with van der Waals surface area (Å²) in [7, 11) is 0. The third-order valence-corrected chi connectivity index (χ3v) is 4.78. The Balaban J connectivity index is 1.87. The molecule has 142 valence electrons. The number of benzene rings is 1. The SMILES string of the molecule is CCC(=O)ON=C1c2cccn2C[C@@H]1CN(C(=O)CC)c1ccc(C)cc1. The van der Waals surface area contributed by atoms with Gasteiger partial charge in [-0.25, -0.2) is 4.79 Å². The van der Waals surface area contributed by atoms with E-state index in [0.29, 0.717) is 25.2 Å². The molecular weight excluding hydrogens is 342 g/mol. The Labute approximate surface area is 159 Å². The molecule has 0 unspecified atom stereocenters. The van der Waals surface area contributed by atoms with Crippen molar-refractivity contribution in [2.24, 2.45) is 11.1 Å². The largest absolute Gasteiger partial charge is 0.346 e. The number of carbonyl (C=O) groups excluding carboxylic acids is 2. The lowest BCUT2D eigenvalue weighted by molar-refractivity contribution is -0.143. The summed E-state index contributed by atoms with van der Waals surface area (Å²) in [5, 5.41) is 4.14. The molecule has 1 amide bonds. The highest BCUT2D eigenvalue weighted by molar-refractivity contribution is 6.04. The first kappa shape index (κ1) is 18.9. The van der Waals surface area contributed by atoms with E-state index in [9.17, 15) is 9.59 Å². The van der Waals surface area contributed by atoms with Gasteiger partial charge in [0.1, 0.15) is 5.71 Å². The molecule has 1 aromatic heterocycles. The molecule has 1 aliphatic heterocycles. The zero-order chi connectivity index (χ0) is 19.4. The Morgan fingerprint density at radius 3 is 2.59 bits per heavy atom. The molecule has 0 fully saturated rings. The lowest BCUT2D eigenvalue weighted by Crippen LogP contribution is -2.37. The summed E-state index contributed by atoms with van der Waals surface area (Å²) in [4.78, 5) is 31.0. The maximum Gasteiger partial charge on any atom is 0.334 e. The Hall–Kier alpha value is -2.89. The number of oxime groups is 1. The van der Waals surface area contributed by atoms with Crippen molar-refractivity contribution in [2.45, 2.75) is 40.2 Å². The lowest BCUT2D eigenvalue weighted by Gasteiger charge is -2.25. The standard InChI is InChI=1S/C21H25N3O3/c1-4-19(25)24(17-10-8-15(3)9-11-17)14-16-13-23-12-6-7-18(23)21(16)22-27-20(26)5-2/h6-12,16H,4-5,13-14H2,1-3H3/t16-/m1/s1. The maximum absolute atomic E-state index is 12.6. The fraction of sp³-hybridized carbons (Fsp3) is 0.381. The molecule has 2 aromatic rings. The van der Waals surface area contributed by atoms with E-state index in [-0.39, 0.29) is 24.2 Å². The number of fused-ring (bicyclic) bond motifs is 1. The Bertz CT molecular complexity index is 852. The van der Waals surface area contributed by atoms with Gasteiger partial charge in [0, 0.05) is 43.7 Å². The van der Waals surface area contributed by atoms with Crippen molar-refractivity contribution in [3.05, 3.63) is 53.9 Å². The van der Waals surface area contributed by atoms with Gasteiger partial charge in [-0.15, -0.1) is 0 Å². The normalized spacial score (nSPS) is 17.0. The van der Waals surface area contributed by atoms with E-state index in [4.69, 9.17) is 4.84 Å². The molecule has 27 heavy (non-hydrogen) atoms. The average Bonchev–Trinajstić information content (AvgIpc) is 3.25. The fourth-order valence-electron chi connectivity index (χ4n) is 3.26. The smallest absolute Gasteiger partial charge is 0.334 e. The summed E-state index contributed by atoms with van der Waals surface area (Å²) in [6.07, 6.45) is 2.67. The van der Waals surface area contributed by atoms with Gasteiger partial charge in [-0.1, -0.05) is 36.7 Å². The second-order valence-corrected chi connectivity index (χ2v) is 6.73. The summed E-state index contributed by atoms with van der Waals surface area (Å²) >= 11 is 0. The maximum atomic E-state index is 12.6. The van der Waals surface area contributed by atoms with Crippen LogP contribution in [0.5, 0.6) is 0 Å². The van der Waals surface area contributed by atoms with Crippen LogP contribution in [-0.2, 0) is 21.0 Å². The third-order valence-electron chi connectivity index (χ3n) is 4.78. The Morgan fingerprint density at radius 1 is 1.19 bits per heavy atom. The van der Waals surface area contributed by atoms with E-state index in [1.807, 2.05) is 56.4 Å². The second kappa shape index (κ2) is 8.20. The van der Waals surface area contributed by atoms with Gasteiger partial charge in [0.2, 0.25) is 5.91 Å². The molecule has 0 bridgehead atoms. The van der Waals surface area contributed by atoms with Crippen LogP contribution in [0.15, 0.2) is 47.8 Å². The third kappa shape index (κ3) is 4.10. The van der Waals surface area contributed by atoms with Crippen molar-refractivity contribution in [3.8, 4) is 0 Å². The highest BCUT2D eigenvalue weighted by Gasteiger charge is 2.32. The molecule has 1 aromatic carbocycles. The minimum absolute atomic E-state index is 0.0392. The highest BCUT2D eigenvalue weighted by Crippen LogP contribution is 2.26. The summed E-state index contributed by atoms with van der Waals surface area (Å²) in [5.74, 6) is -0.353. The predicted octanol–water partition coefficient (Wildman–Crippen LogP) is 3.53. The molecule has 6 nitrogen and oxygen atoms in total. The van der Waals surface area contributed by atoms with E-state index < -0.39 is 0 Å². The van der Waals surface area contributed by atoms with Crippen LogP contribution in [0.2, 0.25) is 0 Å².